The Kier molecular flexibility index (Phi) is 6.71. The molecule has 1 atom stereocenters. The van der Waals surface area contributed by atoms with E-state index in [1.807, 2.05) is 0 Å². The van der Waals surface area contributed by atoms with Crippen LogP contribution >= 0.6 is 23.1 Å². The predicted molar refractivity (Wildman–Crippen MR) is 122 cm³/mol. The van der Waals surface area contributed by atoms with E-state index in [0.29, 0.717) is 18.7 Å². The zero-order valence-electron chi connectivity index (χ0n) is 17.2. The van der Waals surface area contributed by atoms with Gasteiger partial charge in [-0.15, -0.1) is 11.8 Å². The van der Waals surface area contributed by atoms with Crippen LogP contribution in [0.15, 0.2) is 41.3 Å². The topological polar surface area (TPSA) is 42.4 Å². The third-order valence-electron chi connectivity index (χ3n) is 5.33. The van der Waals surface area contributed by atoms with Crippen LogP contribution in [0.4, 0.5) is 9.52 Å². The van der Waals surface area contributed by atoms with Gasteiger partial charge in [-0.25, -0.2) is 9.37 Å². The number of carbonyl (C=O) groups excluding carboxylic acids is 1. The smallest absolute Gasteiger partial charge is 0.229 e. The van der Waals surface area contributed by atoms with E-state index in [-0.39, 0.29) is 17.8 Å². The zero-order chi connectivity index (χ0) is 21.1. The van der Waals surface area contributed by atoms with Gasteiger partial charge in [0.1, 0.15) is 5.82 Å². The fourth-order valence-electron chi connectivity index (χ4n) is 3.48. The minimum atomic E-state index is -0.250. The Labute approximate surface area is 184 Å². The number of amides is 1. The third kappa shape index (κ3) is 5.02. The maximum absolute atomic E-state index is 13.2. The summed E-state index contributed by atoms with van der Waals surface area (Å²) in [5, 5.41) is 0.738. The van der Waals surface area contributed by atoms with Crippen LogP contribution < -0.4 is 4.90 Å². The third-order valence-corrected chi connectivity index (χ3v) is 7.39. The highest BCUT2D eigenvalue weighted by Gasteiger charge is 2.26. The van der Waals surface area contributed by atoms with Gasteiger partial charge in [-0.1, -0.05) is 11.3 Å². The molecule has 0 N–H and O–H groups in total. The van der Waals surface area contributed by atoms with Crippen molar-refractivity contribution < 1.29 is 13.9 Å². The first-order valence-corrected chi connectivity index (χ1v) is 12.0. The van der Waals surface area contributed by atoms with Gasteiger partial charge in [0.05, 0.1) is 22.9 Å². The molecule has 1 saturated heterocycles. The van der Waals surface area contributed by atoms with Crippen molar-refractivity contribution in [2.75, 3.05) is 23.8 Å². The zero-order valence-corrected chi connectivity index (χ0v) is 18.8. The predicted octanol–water partition coefficient (Wildman–Crippen LogP) is 5.75. The number of aryl methyl sites for hydroxylation is 2. The van der Waals surface area contributed by atoms with Gasteiger partial charge in [0, 0.05) is 23.7 Å². The second kappa shape index (κ2) is 9.45. The number of hydrogen-bond acceptors (Lipinski definition) is 5. The molecule has 1 amide bonds. The van der Waals surface area contributed by atoms with Gasteiger partial charge in [0.2, 0.25) is 5.91 Å². The lowest BCUT2D eigenvalue weighted by Gasteiger charge is -2.23. The largest absolute Gasteiger partial charge is 0.376 e. The molecule has 1 fully saturated rings. The van der Waals surface area contributed by atoms with Gasteiger partial charge in [-0.3, -0.25) is 9.69 Å². The van der Waals surface area contributed by atoms with Crippen molar-refractivity contribution in [2.24, 2.45) is 0 Å². The lowest BCUT2D eigenvalue weighted by molar-refractivity contribution is -0.118. The highest BCUT2D eigenvalue weighted by molar-refractivity contribution is 7.99. The summed E-state index contributed by atoms with van der Waals surface area (Å²) in [6.45, 7) is 5.47. The number of rotatable bonds is 7. The molecule has 0 bridgehead atoms. The summed E-state index contributed by atoms with van der Waals surface area (Å²) in [6.07, 6.45) is 2.46. The Hall–Kier alpha value is -1.96. The number of aromatic nitrogens is 1. The fraction of sp³-hybridized carbons (Fsp3) is 0.391. The van der Waals surface area contributed by atoms with Crippen LogP contribution in [0.5, 0.6) is 0 Å². The highest BCUT2D eigenvalue weighted by Crippen LogP contribution is 2.32. The van der Waals surface area contributed by atoms with E-state index in [9.17, 15) is 9.18 Å². The summed E-state index contributed by atoms with van der Waals surface area (Å²) >= 11 is 3.12. The minimum Gasteiger partial charge on any atom is -0.376 e. The molecule has 0 spiro atoms. The molecule has 4 rings (SSSR count). The van der Waals surface area contributed by atoms with Crippen molar-refractivity contribution in [1.29, 1.82) is 0 Å². The summed E-state index contributed by atoms with van der Waals surface area (Å²) in [6, 6.07) is 10.6. The van der Waals surface area contributed by atoms with Gasteiger partial charge in [-0.05, 0) is 74.2 Å². The summed E-state index contributed by atoms with van der Waals surface area (Å²) in [5.74, 6) is 0.433. The van der Waals surface area contributed by atoms with E-state index in [1.165, 1.54) is 23.3 Å². The molecule has 158 valence electrons. The molecule has 7 heteroatoms. The fourth-order valence-corrected chi connectivity index (χ4v) is 5.40. The standard InChI is InChI=1S/C23H25FN2O2S2/c1-15-12-20-21(13-16(15)2)30-23(25-20)26(14-18-4-3-10-28-18)22(27)9-11-29-19-7-5-17(24)6-8-19/h5-8,12-13,18H,3-4,9-11,14H2,1-2H3. The number of halogens is 1. The maximum atomic E-state index is 13.2. The molecular weight excluding hydrogens is 419 g/mol. The van der Waals surface area contributed by atoms with Crippen LogP contribution in [0.2, 0.25) is 0 Å². The van der Waals surface area contributed by atoms with Crippen LogP contribution in [0, 0.1) is 19.7 Å². The minimum absolute atomic E-state index is 0.0487. The molecule has 0 radical (unpaired) electrons. The lowest BCUT2D eigenvalue weighted by atomic mass is 10.1. The molecule has 1 aromatic heterocycles. The molecule has 3 aromatic rings. The average Bonchev–Trinajstić information content (AvgIpc) is 3.37. The van der Waals surface area contributed by atoms with Crippen molar-refractivity contribution in [3.63, 3.8) is 0 Å². The van der Waals surface area contributed by atoms with E-state index in [4.69, 9.17) is 9.72 Å². The summed E-state index contributed by atoms with van der Waals surface area (Å²) in [7, 11) is 0. The van der Waals surface area contributed by atoms with Gasteiger partial charge < -0.3 is 4.74 Å². The highest BCUT2D eigenvalue weighted by atomic mass is 32.2. The molecule has 30 heavy (non-hydrogen) atoms. The van der Waals surface area contributed by atoms with Crippen molar-refractivity contribution >= 4 is 44.4 Å². The first kappa shape index (κ1) is 21.3. The molecular formula is C23H25FN2O2S2. The molecule has 4 nitrogen and oxygen atoms in total. The van der Waals surface area contributed by atoms with Gasteiger partial charge in [0.15, 0.2) is 5.13 Å². The number of anilines is 1. The average molecular weight is 445 g/mol. The summed E-state index contributed by atoms with van der Waals surface area (Å²) in [4.78, 5) is 20.7. The molecule has 1 aliphatic heterocycles. The summed E-state index contributed by atoms with van der Waals surface area (Å²) in [5.41, 5.74) is 3.36. The van der Waals surface area contributed by atoms with Gasteiger partial charge >= 0.3 is 0 Å². The van der Waals surface area contributed by atoms with Crippen LogP contribution in [0.3, 0.4) is 0 Å². The number of ether oxygens (including phenoxy) is 1. The van der Waals surface area contributed by atoms with Crippen LogP contribution in [-0.2, 0) is 9.53 Å². The Morgan fingerprint density at radius 3 is 2.77 bits per heavy atom. The Morgan fingerprint density at radius 2 is 2.03 bits per heavy atom. The van der Waals surface area contributed by atoms with Crippen molar-refractivity contribution in [3.8, 4) is 0 Å². The van der Waals surface area contributed by atoms with Crippen LogP contribution in [0.1, 0.15) is 30.4 Å². The molecule has 1 aliphatic rings. The van der Waals surface area contributed by atoms with E-state index in [0.717, 1.165) is 39.7 Å². The van der Waals surface area contributed by atoms with E-state index < -0.39 is 0 Å². The van der Waals surface area contributed by atoms with Crippen molar-refractivity contribution in [3.05, 3.63) is 53.3 Å². The lowest BCUT2D eigenvalue weighted by Crippen LogP contribution is -2.37. The number of thioether (sulfide) groups is 1. The van der Waals surface area contributed by atoms with E-state index in [1.54, 1.807) is 40.1 Å². The molecule has 2 heterocycles. The Bertz CT molecular complexity index is 991. The number of thiazole rings is 1. The molecule has 1 unspecified atom stereocenters. The number of benzene rings is 2. The SMILES string of the molecule is Cc1cc2nc(N(CC3CCCO3)C(=O)CCSc3ccc(F)cc3)sc2cc1C. The Morgan fingerprint density at radius 1 is 1.27 bits per heavy atom. The van der Waals surface area contributed by atoms with Crippen molar-refractivity contribution in [1.82, 2.24) is 4.98 Å². The normalized spacial score (nSPS) is 16.3. The molecule has 2 aromatic carbocycles. The maximum Gasteiger partial charge on any atom is 0.229 e. The Balaban J connectivity index is 1.50. The first-order valence-electron chi connectivity index (χ1n) is 10.2. The second-order valence-corrected chi connectivity index (χ2v) is 9.77. The number of fused-ring (bicyclic) bond motifs is 1. The van der Waals surface area contributed by atoms with Gasteiger partial charge in [0.25, 0.3) is 0 Å². The number of hydrogen-bond donors (Lipinski definition) is 0. The monoisotopic (exact) mass is 444 g/mol. The number of carbonyl (C=O) groups is 1. The van der Waals surface area contributed by atoms with Crippen molar-refractivity contribution in [2.45, 2.75) is 44.1 Å². The summed E-state index contributed by atoms with van der Waals surface area (Å²) < 4.78 is 20.0. The first-order chi connectivity index (χ1) is 14.5. The quantitative estimate of drug-likeness (QED) is 0.436. The van der Waals surface area contributed by atoms with Crippen LogP contribution in [0.25, 0.3) is 10.2 Å². The molecule has 0 saturated carbocycles. The number of nitrogens with zero attached hydrogens (tertiary/aromatic N) is 2. The second-order valence-electron chi connectivity index (χ2n) is 7.59. The molecule has 0 aliphatic carbocycles. The van der Waals surface area contributed by atoms with Crippen LogP contribution in [-0.4, -0.2) is 35.9 Å². The van der Waals surface area contributed by atoms with E-state index >= 15 is 0 Å². The van der Waals surface area contributed by atoms with Gasteiger partial charge in [-0.2, -0.15) is 0 Å². The van der Waals surface area contributed by atoms with E-state index in [2.05, 4.69) is 26.0 Å².